The van der Waals surface area contributed by atoms with Gasteiger partial charge in [-0.2, -0.15) is 4.98 Å². The molecule has 0 aliphatic carbocycles. The van der Waals surface area contributed by atoms with E-state index >= 15 is 0 Å². The highest BCUT2D eigenvalue weighted by Gasteiger charge is 2.16. The van der Waals surface area contributed by atoms with Crippen molar-refractivity contribution in [3.63, 3.8) is 0 Å². The SMILES string of the molecule is C=CC(=O)Nc1cc(Nc2ncc3cc(Nc4ccc(F)cc4C)c(=O)n(C)c3n2)c(OC)cc1OCCN(C)C. The quantitative estimate of drug-likeness (QED) is 0.230. The second-order valence-electron chi connectivity index (χ2n) is 9.50. The minimum Gasteiger partial charge on any atom is -0.494 e. The van der Waals surface area contributed by atoms with Crippen molar-refractivity contribution in [1.82, 2.24) is 19.4 Å². The van der Waals surface area contributed by atoms with Gasteiger partial charge in [0.25, 0.3) is 5.56 Å². The van der Waals surface area contributed by atoms with Gasteiger partial charge in [0.1, 0.15) is 35.3 Å². The van der Waals surface area contributed by atoms with Gasteiger partial charge < -0.3 is 30.3 Å². The summed E-state index contributed by atoms with van der Waals surface area (Å²) in [5, 5.41) is 9.54. The zero-order valence-electron chi connectivity index (χ0n) is 23.5. The number of hydrogen-bond acceptors (Lipinski definition) is 9. The summed E-state index contributed by atoms with van der Waals surface area (Å²) < 4.78 is 26.4. The Morgan fingerprint density at radius 1 is 1.10 bits per heavy atom. The molecule has 2 aromatic heterocycles. The summed E-state index contributed by atoms with van der Waals surface area (Å²) in [5.41, 5.74) is 2.50. The number of aryl methyl sites for hydroxylation is 2. The highest BCUT2D eigenvalue weighted by molar-refractivity contribution is 6.00. The maximum absolute atomic E-state index is 13.5. The average molecular weight is 562 g/mol. The van der Waals surface area contributed by atoms with Gasteiger partial charge >= 0.3 is 0 Å². The Hall–Kier alpha value is -4.97. The lowest BCUT2D eigenvalue weighted by Gasteiger charge is -2.18. The van der Waals surface area contributed by atoms with Gasteiger partial charge in [0.05, 0.1) is 18.5 Å². The summed E-state index contributed by atoms with van der Waals surface area (Å²) in [6.07, 6.45) is 2.74. The molecule has 4 rings (SSSR count). The van der Waals surface area contributed by atoms with E-state index in [9.17, 15) is 14.0 Å². The highest BCUT2D eigenvalue weighted by atomic mass is 19.1. The fraction of sp³-hybridized carbons (Fsp3) is 0.241. The number of anilines is 5. The molecule has 0 atom stereocenters. The summed E-state index contributed by atoms with van der Waals surface area (Å²) in [6, 6.07) is 9.24. The van der Waals surface area contributed by atoms with Gasteiger partial charge in [-0.15, -0.1) is 0 Å². The van der Waals surface area contributed by atoms with Crippen LogP contribution in [-0.4, -0.2) is 59.7 Å². The number of hydrogen-bond donors (Lipinski definition) is 3. The van der Waals surface area contributed by atoms with Gasteiger partial charge in [0, 0.05) is 36.9 Å². The number of amides is 1. The van der Waals surface area contributed by atoms with E-state index < -0.39 is 5.91 Å². The zero-order chi connectivity index (χ0) is 29.7. The number of nitrogens with one attached hydrogen (secondary N) is 3. The van der Waals surface area contributed by atoms with Crippen LogP contribution in [0.15, 0.2) is 60.0 Å². The molecule has 1 amide bonds. The normalized spacial score (nSPS) is 10.9. The Labute approximate surface area is 236 Å². The Morgan fingerprint density at radius 2 is 1.88 bits per heavy atom. The van der Waals surface area contributed by atoms with Crippen molar-refractivity contribution in [2.45, 2.75) is 6.92 Å². The Morgan fingerprint density at radius 3 is 2.56 bits per heavy atom. The number of pyridine rings is 1. The van der Waals surface area contributed by atoms with Crippen LogP contribution in [0.1, 0.15) is 5.56 Å². The zero-order valence-corrected chi connectivity index (χ0v) is 23.5. The maximum atomic E-state index is 13.5. The summed E-state index contributed by atoms with van der Waals surface area (Å²) in [5.74, 6) is 0.279. The first kappa shape index (κ1) is 29.0. The van der Waals surface area contributed by atoms with Crippen molar-refractivity contribution in [3.8, 4) is 11.5 Å². The molecule has 41 heavy (non-hydrogen) atoms. The first-order valence-electron chi connectivity index (χ1n) is 12.7. The van der Waals surface area contributed by atoms with Crippen LogP contribution in [0.4, 0.5) is 33.1 Å². The van der Waals surface area contributed by atoms with Crippen LogP contribution in [0.3, 0.4) is 0 Å². The van der Waals surface area contributed by atoms with Crippen molar-refractivity contribution in [3.05, 3.63) is 77.0 Å². The second kappa shape index (κ2) is 12.5. The molecule has 0 fully saturated rings. The van der Waals surface area contributed by atoms with E-state index in [1.165, 1.54) is 23.8 Å². The molecule has 12 heteroatoms. The Bertz CT molecular complexity index is 1670. The molecular weight excluding hydrogens is 529 g/mol. The molecule has 3 N–H and O–H groups in total. The minimum atomic E-state index is -0.407. The van der Waals surface area contributed by atoms with Crippen LogP contribution in [-0.2, 0) is 11.8 Å². The monoisotopic (exact) mass is 561 g/mol. The molecule has 0 bridgehead atoms. The number of rotatable bonds is 11. The van der Waals surface area contributed by atoms with Crippen LogP contribution >= 0.6 is 0 Å². The van der Waals surface area contributed by atoms with Crippen LogP contribution in [0.2, 0.25) is 0 Å². The fourth-order valence-electron chi connectivity index (χ4n) is 4.00. The number of carbonyl (C=O) groups is 1. The molecular formula is C29H32FN7O4. The van der Waals surface area contributed by atoms with Gasteiger partial charge in [-0.1, -0.05) is 6.58 Å². The highest BCUT2D eigenvalue weighted by Crippen LogP contribution is 2.38. The number of halogens is 1. The van der Waals surface area contributed by atoms with Crippen molar-refractivity contribution in [1.29, 1.82) is 0 Å². The number of fused-ring (bicyclic) bond motifs is 1. The first-order chi connectivity index (χ1) is 19.6. The predicted octanol–water partition coefficient (Wildman–Crippen LogP) is 4.34. The number of ether oxygens (including phenoxy) is 2. The molecule has 2 heterocycles. The van der Waals surface area contributed by atoms with Gasteiger partial charge in [-0.05, 0) is 63.0 Å². The fourth-order valence-corrected chi connectivity index (χ4v) is 4.00. The summed E-state index contributed by atoms with van der Waals surface area (Å²) in [6.45, 7) is 6.32. The van der Waals surface area contributed by atoms with E-state index in [0.717, 1.165) is 6.08 Å². The lowest BCUT2D eigenvalue weighted by molar-refractivity contribution is -0.111. The third kappa shape index (κ3) is 6.79. The summed E-state index contributed by atoms with van der Waals surface area (Å²) in [4.78, 5) is 36.2. The minimum absolute atomic E-state index is 0.197. The standard InChI is InChI=1S/C29H32FN7O4/c1-7-26(38)33-22-14-21(24(40-6)15-25(22)41-11-10-36(3)4)34-29-31-16-18-13-23(28(39)37(5)27(18)35-29)32-20-9-8-19(30)12-17(20)2/h7-9,12-16,32H,1,10-11H2,2-6H3,(H,33,38)(H,31,34,35). The summed E-state index contributed by atoms with van der Waals surface area (Å²) in [7, 11) is 6.98. The van der Waals surface area contributed by atoms with E-state index in [1.54, 1.807) is 44.4 Å². The molecule has 0 unspecified atom stereocenters. The summed E-state index contributed by atoms with van der Waals surface area (Å²) >= 11 is 0. The number of methoxy groups -OCH3 is 1. The van der Waals surface area contributed by atoms with Crippen molar-refractivity contribution >= 4 is 45.6 Å². The third-order valence-corrected chi connectivity index (χ3v) is 6.19. The second-order valence-corrected chi connectivity index (χ2v) is 9.50. The number of likely N-dealkylation sites (N-methyl/N-ethyl adjacent to an activating group) is 1. The predicted molar refractivity (Wildman–Crippen MR) is 158 cm³/mol. The molecule has 0 aliphatic heterocycles. The van der Waals surface area contributed by atoms with E-state index in [4.69, 9.17) is 9.47 Å². The van der Waals surface area contributed by atoms with Gasteiger partial charge in [0.15, 0.2) is 0 Å². The van der Waals surface area contributed by atoms with Crippen LogP contribution in [0.5, 0.6) is 11.5 Å². The lowest BCUT2D eigenvalue weighted by atomic mass is 10.2. The van der Waals surface area contributed by atoms with E-state index in [-0.39, 0.29) is 17.3 Å². The molecule has 0 aliphatic rings. The molecule has 0 spiro atoms. The number of carbonyl (C=O) groups excluding carboxylic acids is 1. The van der Waals surface area contributed by atoms with E-state index in [2.05, 4.69) is 32.5 Å². The Balaban J connectivity index is 1.67. The molecule has 0 saturated carbocycles. The van der Waals surface area contributed by atoms with Crippen LogP contribution < -0.4 is 31.0 Å². The largest absolute Gasteiger partial charge is 0.494 e. The molecule has 214 valence electrons. The molecule has 0 radical (unpaired) electrons. The molecule has 4 aromatic rings. The van der Waals surface area contributed by atoms with Crippen LogP contribution in [0.25, 0.3) is 11.0 Å². The smallest absolute Gasteiger partial charge is 0.275 e. The Kier molecular flexibility index (Phi) is 8.83. The molecule has 0 saturated heterocycles. The number of benzene rings is 2. The van der Waals surface area contributed by atoms with Crippen molar-refractivity contribution in [2.75, 3.05) is 50.3 Å². The maximum Gasteiger partial charge on any atom is 0.275 e. The van der Waals surface area contributed by atoms with Crippen molar-refractivity contribution in [2.24, 2.45) is 7.05 Å². The van der Waals surface area contributed by atoms with Crippen LogP contribution in [0, 0.1) is 12.7 Å². The number of nitrogens with zero attached hydrogens (tertiary/aromatic N) is 4. The molecule has 11 nitrogen and oxygen atoms in total. The van der Waals surface area contributed by atoms with Gasteiger partial charge in [-0.3, -0.25) is 14.2 Å². The average Bonchev–Trinajstić information content (AvgIpc) is 2.94. The van der Waals surface area contributed by atoms with E-state index in [1.807, 2.05) is 19.0 Å². The lowest BCUT2D eigenvalue weighted by Crippen LogP contribution is -2.21. The topological polar surface area (TPSA) is 123 Å². The van der Waals surface area contributed by atoms with Gasteiger partial charge in [-0.25, -0.2) is 9.37 Å². The molecule has 2 aromatic carbocycles. The van der Waals surface area contributed by atoms with E-state index in [0.29, 0.717) is 64.0 Å². The van der Waals surface area contributed by atoms with Gasteiger partial charge in [0.2, 0.25) is 11.9 Å². The first-order valence-corrected chi connectivity index (χ1v) is 12.7. The number of aromatic nitrogens is 3. The third-order valence-electron chi connectivity index (χ3n) is 6.19. The van der Waals surface area contributed by atoms with Crippen molar-refractivity contribution < 1.29 is 18.7 Å².